The molecule has 2 rings (SSSR count). The van der Waals surface area contributed by atoms with Crippen LogP contribution in [0.4, 0.5) is 5.69 Å². The fraction of sp³-hybridized carbons (Fsp3) is 0.0909. The van der Waals surface area contributed by atoms with E-state index in [9.17, 15) is 0 Å². The Kier molecular flexibility index (Phi) is 2.40. The lowest BCUT2D eigenvalue weighted by molar-refractivity contribution is -0.746. The van der Waals surface area contributed by atoms with Crippen molar-refractivity contribution in [2.24, 2.45) is 0 Å². The molecule has 0 atom stereocenters. The van der Waals surface area contributed by atoms with Crippen LogP contribution in [0.3, 0.4) is 0 Å². The third kappa shape index (κ3) is 2.07. The molecular weight excluding hydrogens is 174 g/mol. The number of benzene rings is 1. The number of hydrogen-bond donors (Lipinski definition) is 1. The lowest BCUT2D eigenvalue weighted by atomic mass is 10.2. The summed E-state index contributed by atoms with van der Waals surface area (Å²) in [5, 5.41) is 4.17. The molecular formula is C11H12N3+. The zero-order valence-corrected chi connectivity index (χ0v) is 7.80. The average molecular weight is 186 g/mol. The summed E-state index contributed by atoms with van der Waals surface area (Å²) in [6.45, 7) is 0.779. The minimum Gasteiger partial charge on any atom is -0.397 e. The Hall–Kier alpha value is -1.90. The summed E-state index contributed by atoms with van der Waals surface area (Å²) >= 11 is 0. The molecule has 3 heteroatoms. The molecule has 0 aliphatic rings. The van der Waals surface area contributed by atoms with Crippen LogP contribution in [-0.4, -0.2) is 5.10 Å². The third-order valence-corrected chi connectivity index (χ3v) is 1.98. The fourth-order valence-electron chi connectivity index (χ4n) is 1.26. The Morgan fingerprint density at radius 2 is 1.93 bits per heavy atom. The van der Waals surface area contributed by atoms with Crippen LogP contribution >= 0.6 is 0 Å². The molecule has 2 aromatic rings. The lowest BCUT2D eigenvalue weighted by Gasteiger charge is -1.95. The number of nitrogens with two attached hydrogens (primary N) is 1. The summed E-state index contributed by atoms with van der Waals surface area (Å²) in [7, 11) is 0. The van der Waals surface area contributed by atoms with Crippen molar-refractivity contribution in [3.63, 3.8) is 0 Å². The molecule has 2 N–H and O–H groups in total. The Labute approximate surface area is 82.8 Å². The Bertz CT molecular complexity index is 395. The van der Waals surface area contributed by atoms with E-state index < -0.39 is 0 Å². The maximum absolute atomic E-state index is 5.54. The van der Waals surface area contributed by atoms with Gasteiger partial charge in [-0.3, -0.25) is 0 Å². The van der Waals surface area contributed by atoms with Gasteiger partial charge in [-0.2, -0.15) is 0 Å². The van der Waals surface area contributed by atoms with E-state index >= 15 is 0 Å². The highest BCUT2D eigenvalue weighted by atomic mass is 15.2. The number of nitrogens with zero attached hydrogens (tertiary/aromatic N) is 2. The van der Waals surface area contributed by atoms with Gasteiger partial charge in [0.2, 0.25) is 0 Å². The van der Waals surface area contributed by atoms with Crippen molar-refractivity contribution < 1.29 is 4.68 Å². The predicted octanol–water partition coefficient (Wildman–Crippen LogP) is 1.000. The van der Waals surface area contributed by atoms with Gasteiger partial charge in [-0.05, 0) is 5.10 Å². The van der Waals surface area contributed by atoms with Crippen LogP contribution < -0.4 is 10.4 Å². The van der Waals surface area contributed by atoms with Gasteiger partial charge in [0.25, 0.3) is 0 Å². The molecule has 0 unspecified atom stereocenters. The van der Waals surface area contributed by atoms with E-state index in [4.69, 9.17) is 5.73 Å². The van der Waals surface area contributed by atoms with Crippen LogP contribution in [-0.2, 0) is 6.54 Å². The first kappa shape index (κ1) is 8.69. The molecule has 0 radical (unpaired) electrons. The molecule has 0 amide bonds. The first-order chi connectivity index (χ1) is 6.84. The molecule has 1 heterocycles. The van der Waals surface area contributed by atoms with Gasteiger partial charge in [0.15, 0.2) is 12.7 Å². The van der Waals surface area contributed by atoms with Gasteiger partial charge in [0.1, 0.15) is 6.20 Å². The predicted molar refractivity (Wildman–Crippen MR) is 54.4 cm³/mol. The molecule has 0 bridgehead atoms. The highest BCUT2D eigenvalue weighted by Gasteiger charge is 2.02. The highest BCUT2D eigenvalue weighted by Crippen LogP contribution is 1.97. The van der Waals surface area contributed by atoms with E-state index in [1.54, 1.807) is 6.20 Å². The van der Waals surface area contributed by atoms with E-state index in [1.165, 1.54) is 5.56 Å². The summed E-state index contributed by atoms with van der Waals surface area (Å²) in [6.07, 6.45) is 3.53. The summed E-state index contributed by atoms with van der Waals surface area (Å²) in [6, 6.07) is 12.0. The second kappa shape index (κ2) is 3.87. The van der Waals surface area contributed by atoms with Gasteiger partial charge >= 0.3 is 0 Å². The molecule has 0 spiro atoms. The van der Waals surface area contributed by atoms with Crippen molar-refractivity contribution >= 4 is 5.69 Å². The van der Waals surface area contributed by atoms with Gasteiger partial charge in [-0.15, -0.1) is 0 Å². The smallest absolute Gasteiger partial charge is 0.199 e. The summed E-state index contributed by atoms with van der Waals surface area (Å²) in [5.74, 6) is 0. The SMILES string of the molecule is Nc1cc[n+](Cc2ccccc2)nc1. The number of nitrogen functional groups attached to an aromatic ring is 1. The van der Waals surface area contributed by atoms with E-state index in [1.807, 2.05) is 35.1 Å². The first-order valence-corrected chi connectivity index (χ1v) is 4.50. The second-order valence-electron chi connectivity index (χ2n) is 3.14. The van der Waals surface area contributed by atoms with Crippen LogP contribution in [0.1, 0.15) is 5.56 Å². The number of rotatable bonds is 2. The van der Waals surface area contributed by atoms with Crippen LogP contribution in [0.15, 0.2) is 48.8 Å². The third-order valence-electron chi connectivity index (χ3n) is 1.98. The Balaban J connectivity index is 2.16. The fourth-order valence-corrected chi connectivity index (χ4v) is 1.26. The van der Waals surface area contributed by atoms with Crippen molar-refractivity contribution in [2.75, 3.05) is 5.73 Å². The first-order valence-electron chi connectivity index (χ1n) is 4.50. The van der Waals surface area contributed by atoms with Crippen molar-refractivity contribution in [2.45, 2.75) is 6.54 Å². The van der Waals surface area contributed by atoms with Crippen LogP contribution in [0.25, 0.3) is 0 Å². The van der Waals surface area contributed by atoms with Crippen molar-refractivity contribution in [3.8, 4) is 0 Å². The topological polar surface area (TPSA) is 42.8 Å². The summed E-state index contributed by atoms with van der Waals surface area (Å²) in [5.41, 5.74) is 7.46. The summed E-state index contributed by atoms with van der Waals surface area (Å²) < 4.78 is 1.85. The van der Waals surface area contributed by atoms with Gasteiger partial charge < -0.3 is 5.73 Å². The minimum absolute atomic E-state index is 0.689. The van der Waals surface area contributed by atoms with Crippen LogP contribution in [0, 0.1) is 0 Å². The maximum atomic E-state index is 5.54. The van der Waals surface area contributed by atoms with Gasteiger partial charge in [-0.25, -0.2) is 0 Å². The molecule has 3 nitrogen and oxygen atoms in total. The van der Waals surface area contributed by atoms with E-state index in [2.05, 4.69) is 17.2 Å². The molecule has 14 heavy (non-hydrogen) atoms. The van der Waals surface area contributed by atoms with Crippen LogP contribution in [0.2, 0.25) is 0 Å². The van der Waals surface area contributed by atoms with Gasteiger partial charge in [0.05, 0.1) is 5.69 Å². The minimum atomic E-state index is 0.689. The summed E-state index contributed by atoms with van der Waals surface area (Å²) in [4.78, 5) is 0. The van der Waals surface area contributed by atoms with E-state index in [-0.39, 0.29) is 0 Å². The van der Waals surface area contributed by atoms with E-state index in [0.29, 0.717) is 5.69 Å². The second-order valence-corrected chi connectivity index (χ2v) is 3.14. The molecule has 0 aliphatic heterocycles. The lowest BCUT2D eigenvalue weighted by Crippen LogP contribution is -2.37. The monoisotopic (exact) mass is 186 g/mol. The molecule has 1 aromatic carbocycles. The molecule has 0 saturated heterocycles. The van der Waals surface area contributed by atoms with E-state index in [0.717, 1.165) is 6.54 Å². The Morgan fingerprint density at radius 3 is 2.57 bits per heavy atom. The van der Waals surface area contributed by atoms with Crippen molar-refractivity contribution in [1.82, 2.24) is 5.10 Å². The zero-order valence-electron chi connectivity index (χ0n) is 7.80. The van der Waals surface area contributed by atoms with Crippen LogP contribution in [0.5, 0.6) is 0 Å². The Morgan fingerprint density at radius 1 is 1.14 bits per heavy atom. The zero-order chi connectivity index (χ0) is 9.80. The molecule has 0 fully saturated rings. The van der Waals surface area contributed by atoms with Crippen molar-refractivity contribution in [3.05, 3.63) is 54.4 Å². The van der Waals surface area contributed by atoms with Crippen molar-refractivity contribution in [1.29, 1.82) is 0 Å². The molecule has 70 valence electrons. The average Bonchev–Trinajstić information content (AvgIpc) is 2.23. The quantitative estimate of drug-likeness (QED) is 0.711. The van der Waals surface area contributed by atoms with Gasteiger partial charge in [-0.1, -0.05) is 35.0 Å². The largest absolute Gasteiger partial charge is 0.397 e. The maximum Gasteiger partial charge on any atom is 0.199 e. The number of aromatic nitrogens is 2. The highest BCUT2D eigenvalue weighted by molar-refractivity contribution is 5.30. The molecule has 1 aromatic heterocycles. The molecule has 0 saturated carbocycles. The normalized spacial score (nSPS) is 10.0. The number of hydrogen-bond acceptors (Lipinski definition) is 2. The number of anilines is 1. The van der Waals surface area contributed by atoms with Gasteiger partial charge in [0, 0.05) is 11.6 Å². The molecule has 0 aliphatic carbocycles. The standard InChI is InChI=1S/C11H11N3/c12-11-6-7-14(13-8-11)9-10-4-2-1-3-5-10/h1-8,12H,9H2/p+1.